The predicted octanol–water partition coefficient (Wildman–Crippen LogP) is 1.99. The Hall–Kier alpha value is -0.780. The van der Waals surface area contributed by atoms with Gasteiger partial charge in [-0.05, 0) is 13.0 Å². The number of hydrogen-bond donors (Lipinski definition) is 1. The molecule has 0 aliphatic heterocycles. The Bertz CT molecular complexity index is 351. The lowest BCUT2D eigenvalue weighted by Gasteiger charge is -2.10. The van der Waals surface area contributed by atoms with Gasteiger partial charge in [-0.1, -0.05) is 12.2 Å². The fourth-order valence-electron chi connectivity index (χ4n) is 1.07. The van der Waals surface area contributed by atoms with Gasteiger partial charge in [-0.25, -0.2) is 4.98 Å². The first-order chi connectivity index (χ1) is 6.67. The lowest BCUT2D eigenvalue weighted by Crippen LogP contribution is -2.06. The van der Waals surface area contributed by atoms with Gasteiger partial charge < -0.3 is 14.5 Å². The SMILES string of the molecule is COCc1cc(=S)nc(C(C)OC)[nH]1. The molecular weight excluding hydrogens is 200 g/mol. The molecule has 0 fully saturated rings. The van der Waals surface area contributed by atoms with Crippen molar-refractivity contribution >= 4 is 12.2 Å². The Kier molecular flexibility index (Phi) is 4.19. The molecule has 0 saturated heterocycles. The summed E-state index contributed by atoms with van der Waals surface area (Å²) in [6.07, 6.45) is -0.0893. The number of nitrogens with zero attached hydrogens (tertiary/aromatic N) is 1. The molecule has 0 aliphatic rings. The quantitative estimate of drug-likeness (QED) is 0.779. The van der Waals surface area contributed by atoms with Crippen LogP contribution in [0.25, 0.3) is 0 Å². The maximum Gasteiger partial charge on any atom is 0.136 e. The molecule has 0 aliphatic carbocycles. The fraction of sp³-hybridized carbons (Fsp3) is 0.556. The van der Waals surface area contributed by atoms with Crippen LogP contribution in [-0.2, 0) is 16.1 Å². The number of H-pyrrole nitrogens is 1. The van der Waals surface area contributed by atoms with E-state index < -0.39 is 0 Å². The van der Waals surface area contributed by atoms with Crippen molar-refractivity contribution < 1.29 is 9.47 Å². The second kappa shape index (κ2) is 5.19. The monoisotopic (exact) mass is 214 g/mol. The summed E-state index contributed by atoms with van der Waals surface area (Å²) in [5.74, 6) is 0.729. The third-order valence-electron chi connectivity index (χ3n) is 1.86. The largest absolute Gasteiger partial charge is 0.378 e. The number of nitrogens with one attached hydrogen (secondary N) is 1. The molecule has 1 heterocycles. The van der Waals surface area contributed by atoms with Crippen molar-refractivity contribution in [3.63, 3.8) is 0 Å². The van der Waals surface area contributed by atoms with Crippen molar-refractivity contribution in [3.05, 3.63) is 22.2 Å². The third-order valence-corrected chi connectivity index (χ3v) is 2.06. The molecule has 0 spiro atoms. The average Bonchev–Trinajstić information content (AvgIpc) is 2.16. The molecule has 0 aromatic carbocycles. The first-order valence-corrected chi connectivity index (χ1v) is 4.70. The molecule has 1 N–H and O–H groups in total. The Morgan fingerprint density at radius 1 is 1.57 bits per heavy atom. The van der Waals surface area contributed by atoms with Crippen molar-refractivity contribution in [2.45, 2.75) is 19.6 Å². The maximum absolute atomic E-state index is 5.14. The number of methoxy groups -OCH3 is 2. The van der Waals surface area contributed by atoms with Gasteiger partial charge >= 0.3 is 0 Å². The minimum Gasteiger partial charge on any atom is -0.378 e. The molecule has 5 heteroatoms. The van der Waals surface area contributed by atoms with Gasteiger partial charge in [0.15, 0.2) is 0 Å². The molecule has 0 saturated carbocycles. The molecule has 1 unspecified atom stereocenters. The van der Waals surface area contributed by atoms with Crippen LogP contribution in [0.2, 0.25) is 0 Å². The van der Waals surface area contributed by atoms with Crippen LogP contribution in [0, 0.1) is 4.64 Å². The van der Waals surface area contributed by atoms with E-state index in [0.717, 1.165) is 11.5 Å². The van der Waals surface area contributed by atoms with Crippen molar-refractivity contribution in [1.82, 2.24) is 9.97 Å². The van der Waals surface area contributed by atoms with Gasteiger partial charge in [-0.3, -0.25) is 0 Å². The Morgan fingerprint density at radius 3 is 2.86 bits per heavy atom. The number of aromatic nitrogens is 2. The van der Waals surface area contributed by atoms with E-state index in [1.54, 1.807) is 20.3 Å². The van der Waals surface area contributed by atoms with Crippen molar-refractivity contribution in [2.75, 3.05) is 14.2 Å². The van der Waals surface area contributed by atoms with Crippen LogP contribution in [0.15, 0.2) is 6.07 Å². The normalized spacial score (nSPS) is 12.8. The molecule has 1 rings (SSSR count). The summed E-state index contributed by atoms with van der Waals surface area (Å²) in [4.78, 5) is 7.27. The zero-order chi connectivity index (χ0) is 10.6. The first-order valence-electron chi connectivity index (χ1n) is 4.29. The predicted molar refractivity (Wildman–Crippen MR) is 55.6 cm³/mol. The lowest BCUT2D eigenvalue weighted by molar-refractivity contribution is 0.110. The summed E-state index contributed by atoms with van der Waals surface area (Å²) in [6.45, 7) is 2.40. The van der Waals surface area contributed by atoms with Crippen LogP contribution in [0.4, 0.5) is 0 Å². The van der Waals surface area contributed by atoms with Crippen molar-refractivity contribution in [1.29, 1.82) is 0 Å². The number of hydrogen-bond acceptors (Lipinski definition) is 4. The van der Waals surface area contributed by atoms with Gasteiger partial charge in [0.2, 0.25) is 0 Å². The zero-order valence-corrected chi connectivity index (χ0v) is 9.35. The smallest absolute Gasteiger partial charge is 0.136 e. The summed E-state index contributed by atoms with van der Waals surface area (Å²) in [6, 6.07) is 1.78. The average molecular weight is 214 g/mol. The van der Waals surface area contributed by atoms with Crippen molar-refractivity contribution in [3.8, 4) is 0 Å². The molecule has 78 valence electrons. The van der Waals surface area contributed by atoms with E-state index in [-0.39, 0.29) is 6.10 Å². The maximum atomic E-state index is 5.14. The van der Waals surface area contributed by atoms with E-state index in [1.807, 2.05) is 6.92 Å². The molecule has 0 radical (unpaired) electrons. The Labute approximate surface area is 88.3 Å². The molecule has 0 amide bonds. The summed E-state index contributed by atoms with van der Waals surface area (Å²) in [5, 5.41) is 0. The highest BCUT2D eigenvalue weighted by Gasteiger charge is 2.06. The summed E-state index contributed by atoms with van der Waals surface area (Å²) in [5.41, 5.74) is 0.909. The van der Waals surface area contributed by atoms with Crippen LogP contribution < -0.4 is 0 Å². The summed E-state index contributed by atoms with van der Waals surface area (Å²) in [7, 11) is 3.27. The second-order valence-electron chi connectivity index (χ2n) is 2.94. The summed E-state index contributed by atoms with van der Waals surface area (Å²) < 4.78 is 10.7. The summed E-state index contributed by atoms with van der Waals surface area (Å²) >= 11 is 5.03. The van der Waals surface area contributed by atoms with E-state index >= 15 is 0 Å². The van der Waals surface area contributed by atoms with Gasteiger partial charge in [0.1, 0.15) is 16.6 Å². The van der Waals surface area contributed by atoms with Gasteiger partial charge in [0.25, 0.3) is 0 Å². The van der Waals surface area contributed by atoms with Gasteiger partial charge in [0, 0.05) is 19.9 Å². The number of ether oxygens (including phenoxy) is 2. The number of rotatable bonds is 4. The highest BCUT2D eigenvalue weighted by Crippen LogP contribution is 2.11. The fourth-order valence-corrected chi connectivity index (χ4v) is 1.31. The molecule has 4 nitrogen and oxygen atoms in total. The Morgan fingerprint density at radius 2 is 2.29 bits per heavy atom. The Balaban J connectivity index is 3.00. The van der Waals surface area contributed by atoms with E-state index in [1.165, 1.54) is 0 Å². The van der Waals surface area contributed by atoms with Crippen LogP contribution >= 0.6 is 12.2 Å². The van der Waals surface area contributed by atoms with Crippen LogP contribution in [-0.4, -0.2) is 24.2 Å². The minimum absolute atomic E-state index is 0.0893. The van der Waals surface area contributed by atoms with Crippen molar-refractivity contribution in [2.24, 2.45) is 0 Å². The van der Waals surface area contributed by atoms with Gasteiger partial charge in [0.05, 0.1) is 6.61 Å². The van der Waals surface area contributed by atoms with E-state index in [9.17, 15) is 0 Å². The minimum atomic E-state index is -0.0893. The molecular formula is C9H14N2O2S. The molecule has 0 bridgehead atoms. The van der Waals surface area contributed by atoms with Gasteiger partial charge in [-0.2, -0.15) is 0 Å². The number of aromatic amines is 1. The van der Waals surface area contributed by atoms with E-state index in [0.29, 0.717) is 11.2 Å². The van der Waals surface area contributed by atoms with E-state index in [4.69, 9.17) is 21.7 Å². The lowest BCUT2D eigenvalue weighted by atomic mass is 10.3. The molecule has 1 aromatic heterocycles. The van der Waals surface area contributed by atoms with Gasteiger partial charge in [-0.15, -0.1) is 0 Å². The van der Waals surface area contributed by atoms with Crippen LogP contribution in [0.1, 0.15) is 24.5 Å². The molecule has 1 atom stereocenters. The first kappa shape index (κ1) is 11.3. The highest BCUT2D eigenvalue weighted by atomic mass is 32.1. The second-order valence-corrected chi connectivity index (χ2v) is 3.36. The topological polar surface area (TPSA) is 47.1 Å². The zero-order valence-electron chi connectivity index (χ0n) is 8.53. The van der Waals surface area contributed by atoms with Crippen LogP contribution in [0.5, 0.6) is 0 Å². The molecule has 14 heavy (non-hydrogen) atoms. The highest BCUT2D eigenvalue weighted by molar-refractivity contribution is 7.71. The van der Waals surface area contributed by atoms with E-state index in [2.05, 4.69) is 9.97 Å². The molecule has 1 aromatic rings. The standard InChI is InChI=1S/C9H14N2O2S/c1-6(13-3)9-10-7(5-12-2)4-8(14)11-9/h4,6H,5H2,1-3H3,(H,10,11,14). The third kappa shape index (κ3) is 2.87. The van der Waals surface area contributed by atoms with Crippen LogP contribution in [0.3, 0.4) is 0 Å².